The molecular weight excluding hydrogens is 246 g/mol. The van der Waals surface area contributed by atoms with Gasteiger partial charge in [-0.1, -0.05) is 0 Å². The highest BCUT2D eigenvalue weighted by Gasteiger charge is 2.47. The van der Waals surface area contributed by atoms with Crippen LogP contribution in [0.15, 0.2) is 0 Å². The van der Waals surface area contributed by atoms with E-state index >= 15 is 0 Å². The number of carboxylic acid groups (broad SMARTS) is 1. The van der Waals surface area contributed by atoms with Crippen LogP contribution in [0.5, 0.6) is 0 Å². The first kappa shape index (κ1) is 12.9. The summed E-state index contributed by atoms with van der Waals surface area (Å²) in [5.74, 6) is -0.0708. The topological polar surface area (TPSA) is 81.7 Å². The van der Waals surface area contributed by atoms with Gasteiger partial charge in [-0.2, -0.15) is 0 Å². The quantitative estimate of drug-likeness (QED) is 0.636. The number of carbonyl (C=O) groups is 2. The number of hydrogen-bond donors (Lipinski definition) is 3. The number of piperidine rings is 2. The monoisotopic (exact) mass is 267 g/mol. The first-order valence-electron chi connectivity index (χ1n) is 7.06. The third-order valence-corrected chi connectivity index (χ3v) is 4.88. The van der Waals surface area contributed by atoms with Crippen molar-refractivity contribution < 1.29 is 14.7 Å². The van der Waals surface area contributed by atoms with Crippen LogP contribution in [-0.2, 0) is 9.59 Å². The Hall–Kier alpha value is -1.14. The van der Waals surface area contributed by atoms with E-state index in [-0.39, 0.29) is 17.9 Å². The second-order valence-electron chi connectivity index (χ2n) is 6.11. The lowest BCUT2D eigenvalue weighted by Gasteiger charge is -2.54. The predicted octanol–water partition coefficient (Wildman–Crippen LogP) is -0.596. The van der Waals surface area contributed by atoms with Gasteiger partial charge in [0.1, 0.15) is 0 Å². The molecule has 0 aliphatic carbocycles. The van der Waals surface area contributed by atoms with Crippen LogP contribution >= 0.6 is 0 Å². The summed E-state index contributed by atoms with van der Waals surface area (Å²) >= 11 is 0. The zero-order chi connectivity index (χ0) is 13.5. The molecule has 0 saturated carbocycles. The van der Waals surface area contributed by atoms with Gasteiger partial charge in [0.05, 0.1) is 12.0 Å². The fraction of sp³-hybridized carbons (Fsp3) is 0.846. The van der Waals surface area contributed by atoms with Crippen molar-refractivity contribution in [1.82, 2.24) is 15.5 Å². The van der Waals surface area contributed by atoms with Crippen molar-refractivity contribution in [3.8, 4) is 0 Å². The molecule has 6 heteroatoms. The van der Waals surface area contributed by atoms with E-state index in [2.05, 4.69) is 15.5 Å². The molecule has 3 N–H and O–H groups in total. The van der Waals surface area contributed by atoms with Crippen LogP contribution in [-0.4, -0.2) is 59.6 Å². The molecule has 0 bridgehead atoms. The lowest BCUT2D eigenvalue weighted by atomic mass is 9.79. The van der Waals surface area contributed by atoms with E-state index in [1.165, 1.54) is 0 Å². The maximum Gasteiger partial charge on any atom is 0.305 e. The van der Waals surface area contributed by atoms with E-state index in [0.717, 1.165) is 39.0 Å². The van der Waals surface area contributed by atoms with Crippen molar-refractivity contribution >= 4 is 11.9 Å². The number of rotatable bonds is 3. The van der Waals surface area contributed by atoms with Gasteiger partial charge < -0.3 is 15.7 Å². The molecule has 3 aliphatic rings. The smallest absolute Gasteiger partial charge is 0.305 e. The van der Waals surface area contributed by atoms with Crippen LogP contribution in [0, 0.1) is 5.92 Å². The number of amides is 1. The third-order valence-electron chi connectivity index (χ3n) is 4.88. The van der Waals surface area contributed by atoms with Gasteiger partial charge in [0.25, 0.3) is 0 Å². The molecule has 3 saturated heterocycles. The molecule has 3 heterocycles. The van der Waals surface area contributed by atoms with Crippen molar-refractivity contribution in [3.05, 3.63) is 0 Å². The van der Waals surface area contributed by atoms with Crippen LogP contribution in [0.2, 0.25) is 0 Å². The highest BCUT2D eigenvalue weighted by atomic mass is 16.4. The Morgan fingerprint density at radius 2 is 2.21 bits per heavy atom. The van der Waals surface area contributed by atoms with Gasteiger partial charge in [0.15, 0.2) is 0 Å². The summed E-state index contributed by atoms with van der Waals surface area (Å²) < 4.78 is 0. The minimum Gasteiger partial charge on any atom is -0.481 e. The first-order valence-corrected chi connectivity index (χ1v) is 7.06. The SMILES string of the molecule is O=C(O)CC1(N2CCC3NC(=O)CCC3C2)CNC1. The number of nitrogens with zero attached hydrogens (tertiary/aromatic N) is 1. The number of hydrogen-bond acceptors (Lipinski definition) is 4. The van der Waals surface area contributed by atoms with Crippen LogP contribution < -0.4 is 10.6 Å². The van der Waals surface area contributed by atoms with E-state index in [0.29, 0.717) is 18.4 Å². The fourth-order valence-electron chi connectivity index (χ4n) is 3.70. The molecule has 6 nitrogen and oxygen atoms in total. The van der Waals surface area contributed by atoms with Crippen LogP contribution in [0.3, 0.4) is 0 Å². The molecule has 0 radical (unpaired) electrons. The van der Waals surface area contributed by atoms with Gasteiger partial charge in [0.2, 0.25) is 5.91 Å². The molecule has 3 rings (SSSR count). The van der Waals surface area contributed by atoms with E-state index in [1.807, 2.05) is 0 Å². The second-order valence-corrected chi connectivity index (χ2v) is 6.11. The molecule has 0 aromatic carbocycles. The Labute approximate surface area is 112 Å². The first-order chi connectivity index (χ1) is 9.09. The number of aliphatic carboxylic acids is 1. The summed E-state index contributed by atoms with van der Waals surface area (Å²) in [6, 6.07) is 0.299. The van der Waals surface area contributed by atoms with Gasteiger partial charge in [-0.05, 0) is 18.8 Å². The molecule has 0 aromatic rings. The molecule has 0 spiro atoms. The van der Waals surface area contributed by atoms with Crippen molar-refractivity contribution in [2.24, 2.45) is 5.92 Å². The highest BCUT2D eigenvalue weighted by Crippen LogP contribution is 2.33. The predicted molar refractivity (Wildman–Crippen MR) is 68.7 cm³/mol. The Kier molecular flexibility index (Phi) is 3.22. The van der Waals surface area contributed by atoms with Crippen LogP contribution in [0.4, 0.5) is 0 Å². The average Bonchev–Trinajstić information content (AvgIpc) is 2.33. The van der Waals surface area contributed by atoms with Crippen LogP contribution in [0.25, 0.3) is 0 Å². The van der Waals surface area contributed by atoms with Gasteiger partial charge in [-0.25, -0.2) is 0 Å². The Bertz CT molecular complexity index is 395. The van der Waals surface area contributed by atoms with E-state index < -0.39 is 5.97 Å². The lowest BCUT2D eigenvalue weighted by Crippen LogP contribution is -2.72. The van der Waals surface area contributed by atoms with Crippen LogP contribution in [0.1, 0.15) is 25.7 Å². The van der Waals surface area contributed by atoms with Gasteiger partial charge in [0, 0.05) is 38.6 Å². The van der Waals surface area contributed by atoms with E-state index in [9.17, 15) is 9.59 Å². The summed E-state index contributed by atoms with van der Waals surface area (Å²) in [4.78, 5) is 24.8. The Morgan fingerprint density at radius 3 is 2.84 bits per heavy atom. The normalized spacial score (nSPS) is 34.0. The van der Waals surface area contributed by atoms with E-state index in [4.69, 9.17) is 5.11 Å². The van der Waals surface area contributed by atoms with Crippen molar-refractivity contribution in [3.63, 3.8) is 0 Å². The second kappa shape index (κ2) is 4.76. The molecule has 3 aliphatic heterocycles. The standard InChI is InChI=1S/C13H21N3O3/c17-11-2-1-9-6-16(4-3-10(9)15-11)13(5-12(18)19)7-14-8-13/h9-10,14H,1-8H2,(H,15,17)(H,18,19). The number of nitrogens with one attached hydrogen (secondary N) is 2. The molecule has 106 valence electrons. The minimum atomic E-state index is -0.722. The minimum absolute atomic E-state index is 0.167. The van der Waals surface area contributed by atoms with Crippen molar-refractivity contribution in [1.29, 1.82) is 0 Å². The Balaban J connectivity index is 1.67. The molecule has 0 aromatic heterocycles. The number of likely N-dealkylation sites (tertiary alicyclic amines) is 1. The molecule has 2 atom stereocenters. The summed E-state index contributed by atoms with van der Waals surface area (Å²) in [5.41, 5.74) is -0.196. The zero-order valence-corrected chi connectivity index (χ0v) is 11.0. The summed E-state index contributed by atoms with van der Waals surface area (Å²) in [5, 5.41) is 15.4. The maximum absolute atomic E-state index is 11.4. The van der Waals surface area contributed by atoms with Crippen molar-refractivity contribution in [2.45, 2.75) is 37.3 Å². The van der Waals surface area contributed by atoms with Crippen molar-refractivity contribution in [2.75, 3.05) is 26.2 Å². The average molecular weight is 267 g/mol. The maximum atomic E-state index is 11.4. The third kappa shape index (κ3) is 2.34. The van der Waals surface area contributed by atoms with Gasteiger partial charge in [-0.3, -0.25) is 14.5 Å². The Morgan fingerprint density at radius 1 is 1.42 bits per heavy atom. The highest BCUT2D eigenvalue weighted by molar-refractivity contribution is 5.77. The molecule has 3 fully saturated rings. The molecule has 1 amide bonds. The molecular formula is C13H21N3O3. The molecule has 19 heavy (non-hydrogen) atoms. The summed E-state index contributed by atoms with van der Waals surface area (Å²) in [7, 11) is 0. The fourth-order valence-corrected chi connectivity index (χ4v) is 3.70. The largest absolute Gasteiger partial charge is 0.481 e. The summed E-state index contributed by atoms with van der Waals surface area (Å²) in [6.07, 6.45) is 2.70. The lowest BCUT2D eigenvalue weighted by molar-refractivity contribution is -0.143. The number of carboxylic acids is 1. The number of fused-ring (bicyclic) bond motifs is 1. The molecule has 2 unspecified atom stereocenters. The zero-order valence-electron chi connectivity index (χ0n) is 11.0. The van der Waals surface area contributed by atoms with E-state index in [1.54, 1.807) is 0 Å². The van der Waals surface area contributed by atoms with Gasteiger partial charge in [-0.15, -0.1) is 0 Å². The number of carbonyl (C=O) groups excluding carboxylic acids is 1. The van der Waals surface area contributed by atoms with Gasteiger partial charge >= 0.3 is 5.97 Å². The summed E-state index contributed by atoms with van der Waals surface area (Å²) in [6.45, 7) is 3.34.